The molecule has 0 saturated heterocycles. The number of nitrogens with zero attached hydrogens (tertiary/aromatic N) is 1. The third-order valence-electron chi connectivity index (χ3n) is 6.66. The standard InChI is InChI=1S/C30H34N4O8S/c1-18(35)27(30(40)41)32-28(38)22(16-26(36)37)5-3-4-19-6-8-20(9-7-19)23-12-15-25(31-17-23)33-34-29(39)21-10-13-24(14-11-21)43(2)42/h6-15,17-18,22,27,35H,3-5,16H2,1-2H3,(H,31,33)(H,32,38)(H,34,39)(H,36,37)(H,40,41)/t18-,22-,27+,43?/m1/s1. The van der Waals surface area contributed by atoms with E-state index in [4.69, 9.17) is 0 Å². The molecule has 3 rings (SSSR count). The summed E-state index contributed by atoms with van der Waals surface area (Å²) in [4.78, 5) is 52.4. The molecule has 0 spiro atoms. The number of benzene rings is 2. The number of anilines is 1. The lowest BCUT2D eigenvalue weighted by Gasteiger charge is -2.21. The number of aliphatic carboxylic acids is 2. The first-order valence-corrected chi connectivity index (χ1v) is 15.0. The van der Waals surface area contributed by atoms with Crippen LogP contribution >= 0.6 is 0 Å². The monoisotopic (exact) mass is 610 g/mol. The van der Waals surface area contributed by atoms with Gasteiger partial charge in [0, 0.05) is 45.2 Å². The van der Waals surface area contributed by atoms with Crippen molar-refractivity contribution in [3.8, 4) is 11.1 Å². The van der Waals surface area contributed by atoms with Crippen molar-refractivity contribution in [3.63, 3.8) is 0 Å². The molecule has 4 atom stereocenters. The van der Waals surface area contributed by atoms with E-state index in [1.54, 1.807) is 42.8 Å². The molecular weight excluding hydrogens is 576 g/mol. The van der Waals surface area contributed by atoms with E-state index in [9.17, 15) is 38.7 Å². The van der Waals surface area contributed by atoms with Crippen LogP contribution in [0.25, 0.3) is 11.1 Å². The normalized spacial score (nSPS) is 13.7. The maximum atomic E-state index is 12.5. The molecule has 13 heteroatoms. The highest BCUT2D eigenvalue weighted by atomic mass is 32.2. The maximum absolute atomic E-state index is 12.5. The molecule has 6 N–H and O–H groups in total. The van der Waals surface area contributed by atoms with Gasteiger partial charge in [-0.2, -0.15) is 0 Å². The van der Waals surface area contributed by atoms with Crippen molar-refractivity contribution >= 4 is 40.4 Å². The summed E-state index contributed by atoms with van der Waals surface area (Å²) in [5.74, 6) is -4.17. The van der Waals surface area contributed by atoms with Crippen molar-refractivity contribution in [2.45, 2.75) is 49.6 Å². The van der Waals surface area contributed by atoms with Crippen molar-refractivity contribution in [2.75, 3.05) is 11.7 Å². The van der Waals surface area contributed by atoms with E-state index in [1.807, 2.05) is 30.3 Å². The summed E-state index contributed by atoms with van der Waals surface area (Å²) in [6.07, 6.45) is 2.73. The van der Waals surface area contributed by atoms with Gasteiger partial charge in [-0.15, -0.1) is 0 Å². The summed E-state index contributed by atoms with van der Waals surface area (Å²) >= 11 is 0. The molecule has 12 nitrogen and oxygen atoms in total. The molecule has 0 aliphatic rings. The minimum Gasteiger partial charge on any atom is -0.481 e. The molecule has 3 aromatic rings. The molecule has 0 aliphatic heterocycles. The minimum atomic E-state index is -1.52. The zero-order chi connectivity index (χ0) is 31.5. The zero-order valence-corrected chi connectivity index (χ0v) is 24.5. The van der Waals surface area contributed by atoms with Gasteiger partial charge < -0.3 is 20.6 Å². The minimum absolute atomic E-state index is 0.228. The predicted octanol–water partition coefficient (Wildman–Crippen LogP) is 2.61. The summed E-state index contributed by atoms with van der Waals surface area (Å²) in [6.45, 7) is 1.23. The quantitative estimate of drug-likeness (QED) is 0.139. The molecule has 2 aromatic carbocycles. The first kappa shape index (κ1) is 32.9. The number of pyridine rings is 1. The third-order valence-corrected chi connectivity index (χ3v) is 7.60. The van der Waals surface area contributed by atoms with Gasteiger partial charge in [-0.05, 0) is 73.7 Å². The first-order chi connectivity index (χ1) is 20.4. The van der Waals surface area contributed by atoms with Gasteiger partial charge in [0.1, 0.15) is 5.82 Å². The van der Waals surface area contributed by atoms with Crippen LogP contribution in [-0.4, -0.2) is 66.7 Å². The van der Waals surface area contributed by atoms with E-state index in [-0.39, 0.29) is 12.3 Å². The van der Waals surface area contributed by atoms with Gasteiger partial charge in [-0.1, -0.05) is 24.3 Å². The van der Waals surface area contributed by atoms with E-state index in [1.165, 1.54) is 6.92 Å². The van der Waals surface area contributed by atoms with Crippen molar-refractivity contribution in [3.05, 3.63) is 78.0 Å². The lowest BCUT2D eigenvalue weighted by atomic mass is 9.94. The number of carbonyl (C=O) groups excluding carboxylic acids is 2. The summed E-state index contributed by atoms with van der Waals surface area (Å²) in [6, 6.07) is 16.2. The Morgan fingerprint density at radius 3 is 2.12 bits per heavy atom. The van der Waals surface area contributed by atoms with Crippen molar-refractivity contribution in [1.29, 1.82) is 0 Å². The van der Waals surface area contributed by atoms with Crippen LogP contribution in [0.1, 0.15) is 42.1 Å². The fourth-order valence-corrected chi connectivity index (χ4v) is 4.76. The van der Waals surface area contributed by atoms with Crippen LogP contribution in [0, 0.1) is 5.92 Å². The van der Waals surface area contributed by atoms with Gasteiger partial charge in [0.2, 0.25) is 5.91 Å². The molecule has 228 valence electrons. The van der Waals surface area contributed by atoms with Crippen LogP contribution in [0.3, 0.4) is 0 Å². The third kappa shape index (κ3) is 10.0. The smallest absolute Gasteiger partial charge is 0.328 e. The number of aliphatic hydroxyl groups excluding tert-OH is 1. The molecule has 2 amide bonds. The molecule has 1 heterocycles. The number of nitrogens with one attached hydrogen (secondary N) is 3. The van der Waals surface area contributed by atoms with Crippen molar-refractivity contribution < 1.29 is 38.7 Å². The fraction of sp³-hybridized carbons (Fsp3) is 0.300. The summed E-state index contributed by atoms with van der Waals surface area (Å²) in [5, 5.41) is 30.2. The number of carboxylic acid groups (broad SMARTS) is 2. The van der Waals surface area contributed by atoms with Crippen LogP contribution in [0.5, 0.6) is 0 Å². The number of aromatic nitrogens is 1. The molecule has 1 aromatic heterocycles. The Balaban J connectivity index is 1.52. The predicted molar refractivity (Wildman–Crippen MR) is 159 cm³/mol. The Morgan fingerprint density at radius 1 is 0.930 bits per heavy atom. The van der Waals surface area contributed by atoms with E-state index < -0.39 is 53.1 Å². The van der Waals surface area contributed by atoms with Gasteiger partial charge in [-0.25, -0.2) is 9.78 Å². The lowest BCUT2D eigenvalue weighted by molar-refractivity contribution is -0.146. The van der Waals surface area contributed by atoms with Crippen molar-refractivity contribution in [1.82, 2.24) is 15.7 Å². The van der Waals surface area contributed by atoms with E-state index in [0.29, 0.717) is 29.1 Å². The average Bonchev–Trinajstić information content (AvgIpc) is 2.98. The molecule has 1 unspecified atom stereocenters. The summed E-state index contributed by atoms with van der Waals surface area (Å²) in [7, 11) is -1.13. The average molecular weight is 611 g/mol. The van der Waals surface area contributed by atoms with Gasteiger partial charge in [0.25, 0.3) is 5.91 Å². The molecule has 0 bridgehead atoms. The van der Waals surface area contributed by atoms with Gasteiger partial charge in [-0.3, -0.25) is 29.4 Å². The number of carboxylic acids is 2. The number of aryl methyl sites for hydroxylation is 1. The number of rotatable bonds is 15. The highest BCUT2D eigenvalue weighted by molar-refractivity contribution is 7.84. The number of hydrogen-bond acceptors (Lipinski definition) is 8. The number of amides is 2. The second-order valence-electron chi connectivity index (χ2n) is 9.94. The molecule has 0 fully saturated rings. The van der Waals surface area contributed by atoms with Crippen molar-refractivity contribution in [2.24, 2.45) is 5.92 Å². The van der Waals surface area contributed by atoms with Crippen LogP contribution < -0.4 is 16.2 Å². The van der Waals surface area contributed by atoms with Gasteiger partial charge in [0.05, 0.1) is 12.5 Å². The maximum Gasteiger partial charge on any atom is 0.328 e. The summed E-state index contributed by atoms with van der Waals surface area (Å²) < 4.78 is 11.5. The Hall–Kier alpha value is -4.62. The fourth-order valence-electron chi connectivity index (χ4n) is 4.24. The SMILES string of the molecule is C[C@@H](O)[C@H](NC(=O)[C@H](CCCc1ccc(-c2ccc(NNC(=O)c3ccc(S(C)=O)cc3)nc2)cc1)CC(=O)O)C(=O)O. The van der Waals surface area contributed by atoms with Crippen LogP contribution in [0.4, 0.5) is 5.82 Å². The van der Waals surface area contributed by atoms with E-state index in [2.05, 4.69) is 21.2 Å². The molecular formula is C30H34N4O8S. The number of aliphatic hydroxyl groups is 1. The topological polar surface area (TPSA) is 195 Å². The lowest BCUT2D eigenvalue weighted by Crippen LogP contribution is -2.49. The Labute approximate surface area is 251 Å². The Morgan fingerprint density at radius 2 is 1.58 bits per heavy atom. The van der Waals surface area contributed by atoms with E-state index >= 15 is 0 Å². The molecule has 0 radical (unpaired) electrons. The number of carbonyl (C=O) groups is 4. The second-order valence-corrected chi connectivity index (χ2v) is 11.3. The molecule has 0 aliphatic carbocycles. The summed E-state index contributed by atoms with van der Waals surface area (Å²) in [5.41, 5.74) is 8.46. The number of hydrazine groups is 1. The highest BCUT2D eigenvalue weighted by Gasteiger charge is 2.29. The highest BCUT2D eigenvalue weighted by Crippen LogP contribution is 2.22. The first-order valence-electron chi connectivity index (χ1n) is 13.4. The largest absolute Gasteiger partial charge is 0.481 e. The van der Waals surface area contributed by atoms with Crippen LogP contribution in [0.2, 0.25) is 0 Å². The second kappa shape index (κ2) is 15.6. The zero-order valence-electron chi connectivity index (χ0n) is 23.6. The van der Waals surface area contributed by atoms with Crippen LogP contribution in [0.15, 0.2) is 71.8 Å². The molecule has 0 saturated carbocycles. The Kier molecular flexibility index (Phi) is 11.9. The molecule has 43 heavy (non-hydrogen) atoms. The van der Waals surface area contributed by atoms with Gasteiger partial charge in [0.15, 0.2) is 6.04 Å². The van der Waals surface area contributed by atoms with Crippen LogP contribution in [-0.2, 0) is 31.6 Å². The Bertz CT molecular complexity index is 1440. The number of hydrogen-bond donors (Lipinski definition) is 6. The van der Waals surface area contributed by atoms with E-state index in [0.717, 1.165) is 16.7 Å². The van der Waals surface area contributed by atoms with Gasteiger partial charge >= 0.3 is 11.9 Å².